The van der Waals surface area contributed by atoms with E-state index in [4.69, 9.17) is 10.5 Å². The van der Waals surface area contributed by atoms with Crippen LogP contribution in [-0.4, -0.2) is 37.6 Å². The molecule has 16 heavy (non-hydrogen) atoms. The van der Waals surface area contributed by atoms with Crippen molar-refractivity contribution < 1.29 is 9.53 Å². The Kier molecular flexibility index (Phi) is 4.79. The number of likely N-dealkylation sites (N-methyl/N-ethyl adjacent to an activating group) is 1. The average molecular weight is 222 g/mol. The zero-order valence-corrected chi connectivity index (χ0v) is 9.77. The standard InChI is InChI=1S/C12H18N2O2/c1-10-5-3-4-6-11(10)16-8-7-14(2)9-12(13)15/h3-6H,7-9H2,1-2H3,(H2,13,15). The van der Waals surface area contributed by atoms with E-state index < -0.39 is 0 Å². The van der Waals surface area contributed by atoms with Crippen molar-refractivity contribution in [2.75, 3.05) is 26.7 Å². The molecule has 0 radical (unpaired) electrons. The monoisotopic (exact) mass is 222 g/mol. The molecule has 1 rings (SSSR count). The topological polar surface area (TPSA) is 55.6 Å². The van der Waals surface area contributed by atoms with Crippen LogP contribution in [0.25, 0.3) is 0 Å². The number of nitrogens with two attached hydrogens (primary N) is 1. The SMILES string of the molecule is Cc1ccccc1OCCN(C)CC(N)=O. The molecule has 1 amide bonds. The summed E-state index contributed by atoms with van der Waals surface area (Å²) in [7, 11) is 1.84. The van der Waals surface area contributed by atoms with Crippen molar-refractivity contribution in [3.63, 3.8) is 0 Å². The van der Waals surface area contributed by atoms with Crippen LogP contribution in [-0.2, 0) is 4.79 Å². The lowest BCUT2D eigenvalue weighted by Gasteiger charge is -2.15. The quantitative estimate of drug-likeness (QED) is 0.774. The molecule has 0 bridgehead atoms. The molecule has 4 heteroatoms. The number of hydrogen-bond donors (Lipinski definition) is 1. The number of nitrogens with zero attached hydrogens (tertiary/aromatic N) is 1. The predicted octanol–water partition coefficient (Wildman–Crippen LogP) is 0.791. The minimum Gasteiger partial charge on any atom is -0.492 e. The van der Waals surface area contributed by atoms with Gasteiger partial charge in [0.2, 0.25) is 5.91 Å². The number of aryl methyl sites for hydroxylation is 1. The Labute approximate surface area is 96.0 Å². The Bertz CT molecular complexity index is 353. The summed E-state index contributed by atoms with van der Waals surface area (Å²) in [5, 5.41) is 0. The molecule has 0 aliphatic heterocycles. The van der Waals surface area contributed by atoms with E-state index in [1.54, 1.807) is 0 Å². The van der Waals surface area contributed by atoms with Crippen LogP contribution in [0.4, 0.5) is 0 Å². The maximum atomic E-state index is 10.6. The summed E-state index contributed by atoms with van der Waals surface area (Å²) in [4.78, 5) is 12.5. The molecule has 0 atom stereocenters. The highest BCUT2D eigenvalue weighted by molar-refractivity contribution is 5.75. The second-order valence-electron chi connectivity index (χ2n) is 3.82. The van der Waals surface area contributed by atoms with Gasteiger partial charge in [-0.1, -0.05) is 18.2 Å². The van der Waals surface area contributed by atoms with Gasteiger partial charge in [-0.05, 0) is 25.6 Å². The van der Waals surface area contributed by atoms with Crippen molar-refractivity contribution in [2.24, 2.45) is 5.73 Å². The fraction of sp³-hybridized carbons (Fsp3) is 0.417. The Balaban J connectivity index is 2.30. The van der Waals surface area contributed by atoms with E-state index in [0.717, 1.165) is 11.3 Å². The van der Waals surface area contributed by atoms with Crippen molar-refractivity contribution in [1.82, 2.24) is 4.90 Å². The third-order valence-electron chi connectivity index (χ3n) is 2.25. The van der Waals surface area contributed by atoms with E-state index in [9.17, 15) is 4.79 Å². The molecule has 88 valence electrons. The molecule has 0 unspecified atom stereocenters. The molecule has 0 heterocycles. The highest BCUT2D eigenvalue weighted by Gasteiger charge is 2.03. The highest BCUT2D eigenvalue weighted by atomic mass is 16.5. The molecule has 0 fully saturated rings. The number of benzene rings is 1. The van der Waals surface area contributed by atoms with Crippen LogP contribution in [0.2, 0.25) is 0 Å². The van der Waals surface area contributed by atoms with Gasteiger partial charge in [0.25, 0.3) is 0 Å². The maximum Gasteiger partial charge on any atom is 0.231 e. The first-order valence-corrected chi connectivity index (χ1v) is 5.25. The van der Waals surface area contributed by atoms with Crippen LogP contribution >= 0.6 is 0 Å². The minimum absolute atomic E-state index is 0.261. The van der Waals surface area contributed by atoms with Gasteiger partial charge in [-0.2, -0.15) is 0 Å². The first-order valence-electron chi connectivity index (χ1n) is 5.25. The van der Waals surface area contributed by atoms with E-state index >= 15 is 0 Å². The minimum atomic E-state index is -0.321. The maximum absolute atomic E-state index is 10.6. The van der Waals surface area contributed by atoms with E-state index in [0.29, 0.717) is 13.2 Å². The molecule has 1 aromatic rings. The van der Waals surface area contributed by atoms with E-state index in [1.807, 2.05) is 43.1 Å². The molecule has 0 aliphatic carbocycles. The van der Waals surface area contributed by atoms with Crippen LogP contribution in [0, 0.1) is 6.92 Å². The van der Waals surface area contributed by atoms with Gasteiger partial charge in [0.05, 0.1) is 6.54 Å². The largest absolute Gasteiger partial charge is 0.492 e. The van der Waals surface area contributed by atoms with Crippen LogP contribution in [0.1, 0.15) is 5.56 Å². The molecular weight excluding hydrogens is 204 g/mol. The summed E-state index contributed by atoms with van der Waals surface area (Å²) in [6, 6.07) is 7.85. The van der Waals surface area contributed by atoms with Crippen LogP contribution in [0.15, 0.2) is 24.3 Å². The second-order valence-corrected chi connectivity index (χ2v) is 3.82. The molecular formula is C12H18N2O2. The Morgan fingerprint density at radius 2 is 2.12 bits per heavy atom. The molecule has 1 aromatic carbocycles. The van der Waals surface area contributed by atoms with Crippen molar-refractivity contribution >= 4 is 5.91 Å². The summed E-state index contributed by atoms with van der Waals surface area (Å²) < 4.78 is 5.60. The zero-order valence-electron chi connectivity index (χ0n) is 9.77. The number of primary amides is 1. The lowest BCUT2D eigenvalue weighted by atomic mass is 10.2. The lowest BCUT2D eigenvalue weighted by Crippen LogP contribution is -2.33. The number of para-hydroxylation sites is 1. The summed E-state index contributed by atoms with van der Waals surface area (Å²) >= 11 is 0. The summed E-state index contributed by atoms with van der Waals surface area (Å²) in [5.41, 5.74) is 6.19. The second kappa shape index (κ2) is 6.12. The summed E-state index contributed by atoms with van der Waals surface area (Å²) in [6.45, 7) is 3.49. The smallest absolute Gasteiger partial charge is 0.231 e. The summed E-state index contributed by atoms with van der Waals surface area (Å²) in [6.07, 6.45) is 0. The number of ether oxygens (including phenoxy) is 1. The van der Waals surface area contributed by atoms with Gasteiger partial charge in [-0.15, -0.1) is 0 Å². The van der Waals surface area contributed by atoms with E-state index in [2.05, 4.69) is 0 Å². The van der Waals surface area contributed by atoms with Gasteiger partial charge < -0.3 is 10.5 Å². The Morgan fingerprint density at radius 3 is 2.75 bits per heavy atom. The van der Waals surface area contributed by atoms with Crippen molar-refractivity contribution in [3.8, 4) is 5.75 Å². The van der Waals surface area contributed by atoms with Gasteiger partial charge in [0.15, 0.2) is 0 Å². The van der Waals surface area contributed by atoms with Gasteiger partial charge in [-0.25, -0.2) is 0 Å². The summed E-state index contributed by atoms with van der Waals surface area (Å²) in [5.74, 6) is 0.563. The number of amides is 1. The van der Waals surface area contributed by atoms with Crippen LogP contribution < -0.4 is 10.5 Å². The van der Waals surface area contributed by atoms with Crippen molar-refractivity contribution in [3.05, 3.63) is 29.8 Å². The molecule has 0 saturated carbocycles. The number of carbonyl (C=O) groups is 1. The van der Waals surface area contributed by atoms with E-state index in [1.165, 1.54) is 0 Å². The normalized spacial score (nSPS) is 10.4. The first-order chi connectivity index (χ1) is 7.59. The number of rotatable bonds is 6. The van der Waals surface area contributed by atoms with Gasteiger partial charge in [0, 0.05) is 6.54 Å². The van der Waals surface area contributed by atoms with Crippen LogP contribution in [0.3, 0.4) is 0 Å². The molecule has 0 spiro atoms. The predicted molar refractivity (Wildman–Crippen MR) is 63.4 cm³/mol. The first kappa shape index (κ1) is 12.5. The molecule has 4 nitrogen and oxygen atoms in total. The van der Waals surface area contributed by atoms with Crippen molar-refractivity contribution in [1.29, 1.82) is 0 Å². The zero-order chi connectivity index (χ0) is 12.0. The Morgan fingerprint density at radius 1 is 1.44 bits per heavy atom. The van der Waals surface area contributed by atoms with Gasteiger partial charge in [-0.3, -0.25) is 9.69 Å². The molecule has 0 saturated heterocycles. The molecule has 0 aliphatic rings. The van der Waals surface area contributed by atoms with E-state index in [-0.39, 0.29) is 12.5 Å². The highest BCUT2D eigenvalue weighted by Crippen LogP contribution is 2.15. The average Bonchev–Trinajstić information content (AvgIpc) is 2.19. The molecule has 2 N–H and O–H groups in total. The van der Waals surface area contributed by atoms with Gasteiger partial charge >= 0.3 is 0 Å². The third kappa shape index (κ3) is 4.31. The fourth-order valence-corrected chi connectivity index (χ4v) is 1.37. The number of carbonyl (C=O) groups excluding carboxylic acids is 1. The Hall–Kier alpha value is -1.55. The van der Waals surface area contributed by atoms with Crippen LogP contribution in [0.5, 0.6) is 5.75 Å². The van der Waals surface area contributed by atoms with Gasteiger partial charge in [0.1, 0.15) is 12.4 Å². The molecule has 0 aromatic heterocycles. The number of hydrogen-bond acceptors (Lipinski definition) is 3. The van der Waals surface area contributed by atoms with Crippen molar-refractivity contribution in [2.45, 2.75) is 6.92 Å². The third-order valence-corrected chi connectivity index (χ3v) is 2.25. The fourth-order valence-electron chi connectivity index (χ4n) is 1.37. The lowest BCUT2D eigenvalue weighted by molar-refractivity contribution is -0.118.